The third kappa shape index (κ3) is 4.45. The average molecular weight is 622 g/mol. The summed E-state index contributed by atoms with van der Waals surface area (Å²) in [5.41, 5.74) is 2.22. The van der Waals surface area contributed by atoms with Crippen LogP contribution < -0.4 is 5.32 Å². The van der Waals surface area contributed by atoms with Gasteiger partial charge < -0.3 is 20.1 Å². The monoisotopic (exact) mass is 620 g/mol. The van der Waals surface area contributed by atoms with Crippen molar-refractivity contribution in [1.29, 1.82) is 0 Å². The van der Waals surface area contributed by atoms with Crippen molar-refractivity contribution < 1.29 is 24.2 Å². The molecule has 38 heavy (non-hydrogen) atoms. The number of halogens is 2. The smallest absolute Gasteiger partial charge is 0.310 e. The summed E-state index contributed by atoms with van der Waals surface area (Å²) in [7, 11) is 0. The number of esters is 1. The van der Waals surface area contributed by atoms with Crippen LogP contribution in [0.2, 0.25) is 5.02 Å². The minimum atomic E-state index is -0.911. The topological polar surface area (TPSA) is 95.9 Å². The minimum absolute atomic E-state index is 0.0649. The first-order chi connectivity index (χ1) is 18.2. The average Bonchev–Trinajstić information content (AvgIpc) is 3.49. The normalized spacial score (nSPS) is 30.3. The van der Waals surface area contributed by atoms with Crippen LogP contribution >= 0.6 is 39.3 Å². The number of rotatable bonds is 8. The van der Waals surface area contributed by atoms with Gasteiger partial charge in [0.25, 0.3) is 0 Å². The number of hydrogen-bond donors (Lipinski definition) is 2. The van der Waals surface area contributed by atoms with E-state index in [9.17, 15) is 19.5 Å². The Balaban J connectivity index is 1.58. The van der Waals surface area contributed by atoms with Gasteiger partial charge in [-0.15, -0.1) is 11.8 Å². The first-order valence-electron chi connectivity index (χ1n) is 12.7. The van der Waals surface area contributed by atoms with Crippen LogP contribution in [0.1, 0.15) is 24.5 Å². The van der Waals surface area contributed by atoms with Crippen LogP contribution in [0, 0.1) is 18.8 Å². The van der Waals surface area contributed by atoms with E-state index in [4.69, 9.17) is 16.3 Å². The predicted molar refractivity (Wildman–Crippen MR) is 152 cm³/mol. The predicted octanol–water partition coefficient (Wildman–Crippen LogP) is 4.22. The van der Waals surface area contributed by atoms with E-state index in [1.807, 2.05) is 49.4 Å². The molecule has 2 N–H and O–H groups in total. The van der Waals surface area contributed by atoms with E-state index in [2.05, 4.69) is 21.2 Å². The summed E-state index contributed by atoms with van der Waals surface area (Å²) in [5.74, 6) is -2.48. The van der Waals surface area contributed by atoms with E-state index in [1.54, 1.807) is 17.9 Å². The van der Waals surface area contributed by atoms with Crippen molar-refractivity contribution in [2.75, 3.05) is 18.5 Å². The second kappa shape index (κ2) is 10.8. The zero-order valence-corrected chi connectivity index (χ0v) is 24.3. The highest BCUT2D eigenvalue weighted by Crippen LogP contribution is 2.68. The fraction of sp³-hybridized carbons (Fsp3) is 0.464. The van der Waals surface area contributed by atoms with Crippen molar-refractivity contribution in [1.82, 2.24) is 4.90 Å². The van der Waals surface area contributed by atoms with Crippen LogP contribution in [-0.4, -0.2) is 67.9 Å². The first-order valence-corrected chi connectivity index (χ1v) is 14.9. The fourth-order valence-corrected chi connectivity index (χ4v) is 10.2. The van der Waals surface area contributed by atoms with E-state index >= 15 is 0 Å². The lowest BCUT2D eigenvalue weighted by atomic mass is 9.71. The summed E-state index contributed by atoms with van der Waals surface area (Å²) in [5, 5.41) is 13.7. The highest BCUT2D eigenvalue weighted by molar-refractivity contribution is 9.09. The number of thioether (sulfide) groups is 1. The lowest BCUT2D eigenvalue weighted by molar-refractivity contribution is -0.154. The number of nitrogens with one attached hydrogen (secondary N) is 1. The molecule has 0 aliphatic carbocycles. The molecule has 3 aliphatic heterocycles. The van der Waals surface area contributed by atoms with E-state index in [0.29, 0.717) is 23.6 Å². The number of amides is 2. The van der Waals surface area contributed by atoms with E-state index < -0.39 is 34.6 Å². The van der Waals surface area contributed by atoms with Crippen LogP contribution in [0.3, 0.4) is 0 Å². The molecular weight excluding hydrogens is 592 g/mol. The van der Waals surface area contributed by atoms with Crippen LogP contribution in [0.15, 0.2) is 48.5 Å². The summed E-state index contributed by atoms with van der Waals surface area (Å²) >= 11 is 11.7. The second-order valence-electron chi connectivity index (χ2n) is 10.1. The van der Waals surface area contributed by atoms with Gasteiger partial charge in [-0.25, -0.2) is 0 Å². The van der Waals surface area contributed by atoms with Gasteiger partial charge in [0.05, 0.1) is 46.5 Å². The highest BCUT2D eigenvalue weighted by Gasteiger charge is 2.76. The molecule has 7 atom stereocenters. The third-order valence-corrected chi connectivity index (χ3v) is 11.5. The van der Waals surface area contributed by atoms with Crippen molar-refractivity contribution in [3.05, 3.63) is 64.7 Å². The molecule has 2 aromatic carbocycles. The molecule has 1 spiro atoms. The number of ether oxygens (including phenoxy) is 1. The maximum atomic E-state index is 14.3. The van der Waals surface area contributed by atoms with Gasteiger partial charge in [-0.3, -0.25) is 14.4 Å². The molecule has 202 valence electrons. The SMILES string of the molecule is CCOC(=O)[C@H]1[C@H]2C(=O)N([C@@H](CO)Cc3ccccc3)C(C(=O)Nc3c(C)cccc3Cl)C23CC(Br)[C@@H]1S3. The third-order valence-electron chi connectivity index (χ3n) is 7.92. The number of fused-ring (bicyclic) bond motifs is 1. The number of benzene rings is 2. The number of likely N-dealkylation sites (tertiary alicyclic amines) is 1. The van der Waals surface area contributed by atoms with Gasteiger partial charge in [0, 0.05) is 10.1 Å². The Morgan fingerprint density at radius 1 is 1.26 bits per heavy atom. The Morgan fingerprint density at radius 2 is 2.00 bits per heavy atom. The molecule has 0 radical (unpaired) electrons. The Morgan fingerprint density at radius 3 is 2.66 bits per heavy atom. The van der Waals surface area contributed by atoms with Crippen molar-refractivity contribution >= 4 is 62.8 Å². The number of alkyl halides is 1. The Bertz CT molecular complexity index is 1230. The van der Waals surface area contributed by atoms with E-state index in [-0.39, 0.29) is 35.1 Å². The number of aliphatic hydroxyl groups is 1. The Labute approximate surface area is 239 Å². The molecule has 3 heterocycles. The molecule has 0 aromatic heterocycles. The summed E-state index contributed by atoms with van der Waals surface area (Å²) in [6, 6.07) is 13.4. The van der Waals surface area contributed by atoms with E-state index in [1.165, 1.54) is 11.8 Å². The first kappa shape index (κ1) is 27.5. The maximum Gasteiger partial charge on any atom is 0.310 e. The molecule has 3 unspecified atom stereocenters. The minimum Gasteiger partial charge on any atom is -0.466 e. The summed E-state index contributed by atoms with van der Waals surface area (Å²) < 4.78 is 4.56. The largest absolute Gasteiger partial charge is 0.466 e. The second-order valence-corrected chi connectivity index (χ2v) is 13.2. The van der Waals surface area contributed by atoms with Crippen molar-refractivity contribution in [2.24, 2.45) is 11.8 Å². The highest BCUT2D eigenvalue weighted by atomic mass is 79.9. The fourth-order valence-electron chi connectivity index (χ4n) is 6.39. The zero-order chi connectivity index (χ0) is 27.2. The quantitative estimate of drug-likeness (QED) is 0.339. The summed E-state index contributed by atoms with van der Waals surface area (Å²) in [4.78, 5) is 43.1. The Kier molecular flexibility index (Phi) is 7.84. The lowest BCUT2D eigenvalue weighted by Gasteiger charge is -2.37. The van der Waals surface area contributed by atoms with Crippen molar-refractivity contribution in [3.63, 3.8) is 0 Å². The van der Waals surface area contributed by atoms with Crippen LogP contribution in [0.25, 0.3) is 0 Å². The molecule has 7 nitrogen and oxygen atoms in total. The van der Waals surface area contributed by atoms with E-state index in [0.717, 1.165) is 11.1 Å². The number of aryl methyl sites for hydroxylation is 1. The summed E-state index contributed by atoms with van der Waals surface area (Å²) in [6.07, 6.45) is 0.908. The molecule has 2 amide bonds. The molecule has 5 rings (SSSR count). The molecule has 2 aromatic rings. The number of hydrogen-bond acceptors (Lipinski definition) is 6. The lowest BCUT2D eigenvalue weighted by Crippen LogP contribution is -2.55. The molecule has 0 saturated carbocycles. The van der Waals surface area contributed by atoms with Gasteiger partial charge in [0.1, 0.15) is 6.04 Å². The van der Waals surface area contributed by atoms with Crippen LogP contribution in [-0.2, 0) is 25.5 Å². The summed E-state index contributed by atoms with van der Waals surface area (Å²) in [6.45, 7) is 3.48. The van der Waals surface area contributed by atoms with Gasteiger partial charge in [-0.05, 0) is 43.9 Å². The van der Waals surface area contributed by atoms with Gasteiger partial charge in [0.15, 0.2) is 0 Å². The molecule has 10 heteroatoms. The van der Waals surface area contributed by atoms with Gasteiger partial charge >= 0.3 is 5.97 Å². The standard InChI is InChI=1S/C28H30BrClN2O5S/c1-3-37-27(36)20-21-26(35)32(17(14-33)12-16-9-5-4-6-10-16)24(28(21)13-18(29)23(20)38-28)25(34)31-22-15(2)8-7-11-19(22)30/h4-11,17-18,20-21,23-24,33H,3,12-14H2,1-2H3,(H,31,34)/t17-,18?,20+,21+,23+,24?,28?/m1/s1. The zero-order valence-electron chi connectivity index (χ0n) is 21.1. The molecule has 2 bridgehead atoms. The van der Waals surface area contributed by atoms with Gasteiger partial charge in [0.2, 0.25) is 11.8 Å². The number of nitrogens with zero attached hydrogens (tertiary/aromatic N) is 1. The Hall–Kier alpha value is -2.07. The molecular formula is C28H30BrClN2O5S. The van der Waals surface area contributed by atoms with Crippen LogP contribution in [0.4, 0.5) is 5.69 Å². The number of carbonyl (C=O) groups excluding carboxylic acids is 3. The van der Waals surface area contributed by atoms with Gasteiger partial charge in [-0.2, -0.15) is 0 Å². The van der Waals surface area contributed by atoms with Crippen molar-refractivity contribution in [3.8, 4) is 0 Å². The van der Waals surface area contributed by atoms with Gasteiger partial charge in [-0.1, -0.05) is 70.0 Å². The number of anilines is 1. The number of carbonyl (C=O) groups is 3. The maximum absolute atomic E-state index is 14.3. The van der Waals surface area contributed by atoms with Crippen LogP contribution in [0.5, 0.6) is 0 Å². The molecule has 3 saturated heterocycles. The number of para-hydroxylation sites is 1. The van der Waals surface area contributed by atoms with Crippen molar-refractivity contribution in [2.45, 2.75) is 53.6 Å². The molecule has 3 fully saturated rings. The molecule has 3 aliphatic rings. The number of aliphatic hydroxyl groups excluding tert-OH is 1.